The Bertz CT molecular complexity index is 595. The number of hydrogen-bond acceptors (Lipinski definition) is 4. The van der Waals surface area contributed by atoms with Crippen LogP contribution in [0, 0.1) is 5.82 Å². The SMILES string of the molecule is CN1CCN=C(C(C(N)=O)=C(N)c2cccc(F)c2)C1. The van der Waals surface area contributed by atoms with Crippen molar-refractivity contribution < 1.29 is 9.18 Å². The molecule has 20 heavy (non-hydrogen) atoms. The zero-order chi connectivity index (χ0) is 14.7. The number of halogens is 1. The first-order valence-electron chi connectivity index (χ1n) is 6.26. The van der Waals surface area contributed by atoms with E-state index in [0.29, 0.717) is 24.4 Å². The average Bonchev–Trinajstić information content (AvgIpc) is 2.38. The largest absolute Gasteiger partial charge is 0.398 e. The lowest BCUT2D eigenvalue weighted by molar-refractivity contribution is -0.114. The first kappa shape index (κ1) is 14.2. The average molecular weight is 276 g/mol. The van der Waals surface area contributed by atoms with Gasteiger partial charge in [0.25, 0.3) is 5.91 Å². The summed E-state index contributed by atoms with van der Waals surface area (Å²) in [7, 11) is 1.92. The number of hydrogen-bond donors (Lipinski definition) is 2. The van der Waals surface area contributed by atoms with E-state index in [1.807, 2.05) is 11.9 Å². The summed E-state index contributed by atoms with van der Waals surface area (Å²) in [6.07, 6.45) is 0. The van der Waals surface area contributed by atoms with E-state index in [1.165, 1.54) is 18.2 Å². The molecule has 0 bridgehead atoms. The van der Waals surface area contributed by atoms with Gasteiger partial charge in [0.05, 0.1) is 23.5 Å². The first-order valence-corrected chi connectivity index (χ1v) is 6.26. The molecule has 1 amide bonds. The molecule has 4 N–H and O–H groups in total. The molecule has 1 aromatic carbocycles. The van der Waals surface area contributed by atoms with Crippen molar-refractivity contribution in [3.63, 3.8) is 0 Å². The minimum atomic E-state index is -0.652. The van der Waals surface area contributed by atoms with Crippen molar-refractivity contribution in [2.24, 2.45) is 16.5 Å². The van der Waals surface area contributed by atoms with Crippen LogP contribution in [-0.4, -0.2) is 43.2 Å². The number of benzene rings is 1. The number of aliphatic imine (C=N–C) groups is 1. The third-order valence-corrected chi connectivity index (χ3v) is 3.14. The van der Waals surface area contributed by atoms with Crippen molar-refractivity contribution in [1.29, 1.82) is 0 Å². The smallest absolute Gasteiger partial charge is 0.252 e. The van der Waals surface area contributed by atoms with Gasteiger partial charge in [0.1, 0.15) is 5.82 Å². The zero-order valence-corrected chi connectivity index (χ0v) is 11.3. The quantitative estimate of drug-likeness (QED) is 0.782. The molecule has 1 aliphatic rings. The Kier molecular flexibility index (Phi) is 4.14. The Morgan fingerprint density at radius 1 is 1.40 bits per heavy atom. The van der Waals surface area contributed by atoms with Crippen LogP contribution in [0.5, 0.6) is 0 Å². The van der Waals surface area contributed by atoms with Crippen LogP contribution in [0.4, 0.5) is 4.39 Å². The molecule has 2 rings (SSSR count). The van der Waals surface area contributed by atoms with Crippen LogP contribution in [-0.2, 0) is 4.79 Å². The number of amides is 1. The summed E-state index contributed by atoms with van der Waals surface area (Å²) in [6, 6.07) is 5.75. The molecule has 0 saturated carbocycles. The summed E-state index contributed by atoms with van der Waals surface area (Å²) in [6.45, 7) is 1.89. The van der Waals surface area contributed by atoms with Gasteiger partial charge in [-0.25, -0.2) is 4.39 Å². The predicted octanol–water partition coefficient (Wildman–Crippen LogP) is 0.367. The van der Waals surface area contributed by atoms with Crippen LogP contribution in [0.3, 0.4) is 0 Å². The van der Waals surface area contributed by atoms with Gasteiger partial charge in [-0.2, -0.15) is 0 Å². The Balaban J connectivity index is 2.49. The lowest BCUT2D eigenvalue weighted by Crippen LogP contribution is -2.37. The fourth-order valence-corrected chi connectivity index (χ4v) is 2.13. The van der Waals surface area contributed by atoms with Gasteiger partial charge in [0.2, 0.25) is 0 Å². The highest BCUT2D eigenvalue weighted by molar-refractivity contribution is 6.26. The molecular formula is C14H17FN4O. The molecule has 5 nitrogen and oxygen atoms in total. The molecule has 0 aliphatic carbocycles. The maximum atomic E-state index is 13.3. The van der Waals surface area contributed by atoms with Gasteiger partial charge in [0, 0.05) is 18.7 Å². The molecule has 1 heterocycles. The second-order valence-electron chi connectivity index (χ2n) is 4.73. The van der Waals surface area contributed by atoms with Crippen LogP contribution in [0.1, 0.15) is 5.56 Å². The maximum absolute atomic E-state index is 13.3. The summed E-state index contributed by atoms with van der Waals surface area (Å²) in [5, 5.41) is 0. The second kappa shape index (κ2) is 5.83. The van der Waals surface area contributed by atoms with Crippen molar-refractivity contribution in [2.75, 3.05) is 26.7 Å². The molecule has 0 fully saturated rings. The second-order valence-corrected chi connectivity index (χ2v) is 4.73. The van der Waals surface area contributed by atoms with E-state index in [9.17, 15) is 9.18 Å². The Labute approximate surface area is 116 Å². The summed E-state index contributed by atoms with van der Waals surface area (Å²) in [4.78, 5) is 18.0. The number of nitrogens with two attached hydrogens (primary N) is 2. The van der Waals surface area contributed by atoms with Gasteiger partial charge in [-0.3, -0.25) is 14.7 Å². The van der Waals surface area contributed by atoms with Crippen molar-refractivity contribution in [1.82, 2.24) is 4.90 Å². The van der Waals surface area contributed by atoms with Gasteiger partial charge < -0.3 is 11.5 Å². The van der Waals surface area contributed by atoms with Crippen molar-refractivity contribution in [3.8, 4) is 0 Å². The Hall–Kier alpha value is -2.21. The van der Waals surface area contributed by atoms with Gasteiger partial charge >= 0.3 is 0 Å². The Morgan fingerprint density at radius 3 is 2.75 bits per heavy atom. The van der Waals surface area contributed by atoms with E-state index in [2.05, 4.69) is 4.99 Å². The molecule has 0 saturated heterocycles. The number of rotatable bonds is 3. The van der Waals surface area contributed by atoms with Crippen LogP contribution < -0.4 is 11.5 Å². The van der Waals surface area contributed by atoms with E-state index >= 15 is 0 Å². The highest BCUT2D eigenvalue weighted by atomic mass is 19.1. The number of likely N-dealkylation sites (N-methyl/N-ethyl adjacent to an activating group) is 1. The molecule has 1 aromatic rings. The molecule has 0 radical (unpaired) electrons. The number of primary amides is 1. The Morgan fingerprint density at radius 2 is 2.15 bits per heavy atom. The fraction of sp³-hybridized carbons (Fsp3) is 0.286. The monoisotopic (exact) mass is 276 g/mol. The molecule has 0 atom stereocenters. The normalized spacial score (nSPS) is 17.4. The van der Waals surface area contributed by atoms with E-state index in [0.717, 1.165) is 6.54 Å². The van der Waals surface area contributed by atoms with E-state index < -0.39 is 11.7 Å². The molecule has 6 heteroatoms. The summed E-state index contributed by atoms with van der Waals surface area (Å²) in [5.41, 5.74) is 12.7. The van der Waals surface area contributed by atoms with Crippen LogP contribution in [0.25, 0.3) is 5.70 Å². The predicted molar refractivity (Wildman–Crippen MR) is 76.5 cm³/mol. The topological polar surface area (TPSA) is 84.7 Å². The molecule has 0 unspecified atom stereocenters. The van der Waals surface area contributed by atoms with E-state index in [4.69, 9.17) is 11.5 Å². The summed E-state index contributed by atoms with van der Waals surface area (Å²) in [5.74, 6) is -1.07. The zero-order valence-electron chi connectivity index (χ0n) is 11.3. The minimum Gasteiger partial charge on any atom is -0.398 e. The van der Waals surface area contributed by atoms with E-state index in [-0.39, 0.29) is 11.3 Å². The first-order chi connectivity index (χ1) is 9.49. The lowest BCUT2D eigenvalue weighted by atomic mass is 10.0. The minimum absolute atomic E-state index is 0.158. The summed E-state index contributed by atoms with van der Waals surface area (Å²) < 4.78 is 13.3. The van der Waals surface area contributed by atoms with Gasteiger partial charge in [-0.15, -0.1) is 0 Å². The van der Waals surface area contributed by atoms with Gasteiger partial charge in [0.15, 0.2) is 0 Å². The van der Waals surface area contributed by atoms with E-state index in [1.54, 1.807) is 6.07 Å². The summed E-state index contributed by atoms with van der Waals surface area (Å²) >= 11 is 0. The number of carbonyl (C=O) groups excluding carboxylic acids is 1. The van der Waals surface area contributed by atoms with Gasteiger partial charge in [-0.05, 0) is 19.2 Å². The number of carbonyl (C=O) groups is 1. The third-order valence-electron chi connectivity index (χ3n) is 3.14. The fourth-order valence-electron chi connectivity index (χ4n) is 2.13. The van der Waals surface area contributed by atoms with Crippen LogP contribution in [0.2, 0.25) is 0 Å². The molecule has 106 valence electrons. The highest BCUT2D eigenvalue weighted by Crippen LogP contribution is 2.17. The van der Waals surface area contributed by atoms with Crippen molar-refractivity contribution in [2.45, 2.75) is 0 Å². The number of nitrogens with zero attached hydrogens (tertiary/aromatic N) is 2. The standard InChI is InChI=1S/C14H17FN4O/c1-19-6-5-18-11(8-19)12(14(17)20)13(16)9-3-2-4-10(15)7-9/h2-4,7H,5-6,8,16H2,1H3,(H2,17,20). The van der Waals surface area contributed by atoms with Crippen LogP contribution in [0.15, 0.2) is 34.8 Å². The molecule has 0 aromatic heterocycles. The van der Waals surface area contributed by atoms with Crippen LogP contribution >= 0.6 is 0 Å². The molecular weight excluding hydrogens is 259 g/mol. The van der Waals surface area contributed by atoms with Crippen molar-refractivity contribution in [3.05, 3.63) is 41.2 Å². The van der Waals surface area contributed by atoms with Crippen molar-refractivity contribution >= 4 is 17.3 Å². The molecule has 0 spiro atoms. The third kappa shape index (κ3) is 3.03. The highest BCUT2D eigenvalue weighted by Gasteiger charge is 2.22. The van der Waals surface area contributed by atoms with Gasteiger partial charge in [-0.1, -0.05) is 12.1 Å². The maximum Gasteiger partial charge on any atom is 0.252 e. The lowest BCUT2D eigenvalue weighted by Gasteiger charge is -2.23. The molecule has 1 aliphatic heterocycles.